The van der Waals surface area contributed by atoms with Crippen LogP contribution in [0.5, 0.6) is 11.5 Å². The molecule has 4 aliphatic rings. The van der Waals surface area contributed by atoms with Crippen LogP contribution in [0.15, 0.2) is 24.3 Å². The second-order valence-electron chi connectivity index (χ2n) is 7.74. The molecule has 0 bridgehead atoms. The highest BCUT2D eigenvalue weighted by atomic mass is 35.5. The first-order valence-electron chi connectivity index (χ1n) is 9.04. The van der Waals surface area contributed by atoms with Crippen molar-refractivity contribution in [1.29, 1.82) is 0 Å². The van der Waals surface area contributed by atoms with Crippen molar-refractivity contribution in [2.75, 3.05) is 20.7 Å². The zero-order valence-electron chi connectivity index (χ0n) is 15.1. The first-order chi connectivity index (χ1) is 12.5. The van der Waals surface area contributed by atoms with Crippen molar-refractivity contribution in [3.05, 3.63) is 35.4 Å². The third-order valence-corrected chi connectivity index (χ3v) is 7.19. The van der Waals surface area contributed by atoms with Gasteiger partial charge in [-0.1, -0.05) is 18.2 Å². The van der Waals surface area contributed by atoms with Crippen LogP contribution in [-0.4, -0.2) is 54.7 Å². The van der Waals surface area contributed by atoms with E-state index < -0.39 is 5.54 Å². The summed E-state index contributed by atoms with van der Waals surface area (Å²) in [5, 5.41) is -0.240. The summed E-state index contributed by atoms with van der Waals surface area (Å²) >= 11 is 6.73. The van der Waals surface area contributed by atoms with Crippen LogP contribution in [0, 0.1) is 0 Å². The SMILES string of the molecule is COc1ccc2c3c1OC1C(Cl)C=CC4(C(OC(C)=O)C2)N(C)CCC314. The number of nitrogens with zero attached hydrogens (tertiary/aromatic N) is 1. The van der Waals surface area contributed by atoms with E-state index in [4.69, 9.17) is 25.8 Å². The molecule has 26 heavy (non-hydrogen) atoms. The molecule has 1 saturated heterocycles. The lowest BCUT2D eigenvalue weighted by molar-refractivity contribution is -0.156. The van der Waals surface area contributed by atoms with Crippen LogP contribution in [0.3, 0.4) is 0 Å². The molecule has 1 aromatic rings. The molecule has 1 fully saturated rings. The highest BCUT2D eigenvalue weighted by Crippen LogP contribution is 2.66. The van der Waals surface area contributed by atoms with E-state index in [-0.39, 0.29) is 29.0 Å². The standard InChI is InChI=1S/C20H22ClNO4/c1-11(23)25-15-10-12-4-5-14(24-3)17-16(12)19-8-9-22(2)20(15,19)7-6-13(21)18(19)26-17/h4-7,13,15,18H,8-10H2,1-3H3. The van der Waals surface area contributed by atoms with E-state index in [1.807, 2.05) is 12.1 Å². The topological polar surface area (TPSA) is 48.0 Å². The van der Waals surface area contributed by atoms with Gasteiger partial charge in [-0.05, 0) is 31.6 Å². The second-order valence-corrected chi connectivity index (χ2v) is 8.25. The fourth-order valence-corrected chi connectivity index (χ4v) is 6.30. The van der Waals surface area contributed by atoms with Crippen LogP contribution >= 0.6 is 11.6 Å². The third-order valence-electron chi connectivity index (χ3n) is 6.82. The van der Waals surface area contributed by atoms with Crippen LogP contribution < -0.4 is 9.47 Å². The van der Waals surface area contributed by atoms with Gasteiger partial charge in [0.15, 0.2) is 11.5 Å². The summed E-state index contributed by atoms with van der Waals surface area (Å²) < 4.78 is 17.9. The summed E-state index contributed by atoms with van der Waals surface area (Å²) in [5.41, 5.74) is 1.59. The predicted molar refractivity (Wildman–Crippen MR) is 97.1 cm³/mol. The number of likely N-dealkylation sites (tertiary alicyclic amines) is 1. The van der Waals surface area contributed by atoms with E-state index in [1.165, 1.54) is 18.1 Å². The Hall–Kier alpha value is -1.72. The molecule has 2 aliphatic heterocycles. The van der Waals surface area contributed by atoms with E-state index in [0.717, 1.165) is 24.5 Å². The quantitative estimate of drug-likeness (QED) is 0.451. The largest absolute Gasteiger partial charge is 0.493 e. The lowest BCUT2D eigenvalue weighted by atomic mass is 9.53. The van der Waals surface area contributed by atoms with E-state index in [2.05, 4.69) is 24.1 Å². The van der Waals surface area contributed by atoms with Gasteiger partial charge >= 0.3 is 5.97 Å². The Morgan fingerprint density at radius 1 is 1.42 bits per heavy atom. The van der Waals surface area contributed by atoms with Gasteiger partial charge in [-0.25, -0.2) is 0 Å². The van der Waals surface area contributed by atoms with E-state index >= 15 is 0 Å². The monoisotopic (exact) mass is 375 g/mol. The highest BCUT2D eigenvalue weighted by Gasteiger charge is 2.74. The summed E-state index contributed by atoms with van der Waals surface area (Å²) in [7, 11) is 3.76. The molecule has 0 amide bonds. The van der Waals surface area contributed by atoms with Gasteiger partial charge in [0, 0.05) is 18.9 Å². The number of esters is 1. The number of alkyl halides is 1. The van der Waals surface area contributed by atoms with Crippen molar-refractivity contribution in [2.24, 2.45) is 0 Å². The maximum Gasteiger partial charge on any atom is 0.302 e. The summed E-state index contributed by atoms with van der Waals surface area (Å²) in [6, 6.07) is 4.02. The van der Waals surface area contributed by atoms with Crippen LogP contribution in [0.4, 0.5) is 0 Å². The summed E-state index contributed by atoms with van der Waals surface area (Å²) in [6.07, 6.45) is 5.26. The molecule has 5 rings (SSSR count). The highest BCUT2D eigenvalue weighted by molar-refractivity contribution is 6.22. The third kappa shape index (κ3) is 1.65. The van der Waals surface area contributed by atoms with Gasteiger partial charge < -0.3 is 14.2 Å². The molecule has 2 aliphatic carbocycles. The van der Waals surface area contributed by atoms with Gasteiger partial charge in [0.25, 0.3) is 0 Å². The van der Waals surface area contributed by atoms with Crippen molar-refractivity contribution in [3.63, 3.8) is 0 Å². The molecule has 6 heteroatoms. The molecule has 0 N–H and O–H groups in total. The Labute approximate surface area is 157 Å². The molecular formula is C20H22ClNO4. The average Bonchev–Trinajstić information content (AvgIpc) is 3.12. The Morgan fingerprint density at radius 2 is 2.23 bits per heavy atom. The lowest BCUT2D eigenvalue weighted by Crippen LogP contribution is -2.70. The van der Waals surface area contributed by atoms with E-state index in [1.54, 1.807) is 7.11 Å². The molecule has 0 saturated carbocycles. The normalized spacial score (nSPS) is 39.2. The number of rotatable bonds is 2. The first kappa shape index (κ1) is 16.5. The van der Waals surface area contributed by atoms with Crippen LogP contribution in [0.25, 0.3) is 0 Å². The Balaban J connectivity index is 1.84. The van der Waals surface area contributed by atoms with Crippen molar-refractivity contribution >= 4 is 17.6 Å². The summed E-state index contributed by atoms with van der Waals surface area (Å²) in [4.78, 5) is 14.2. The number of carbonyl (C=O) groups excluding carboxylic acids is 1. The number of methoxy groups -OCH3 is 1. The van der Waals surface area contributed by atoms with Crippen LogP contribution in [0.2, 0.25) is 0 Å². The van der Waals surface area contributed by atoms with E-state index in [9.17, 15) is 4.79 Å². The number of hydrogen-bond acceptors (Lipinski definition) is 5. The fraction of sp³-hybridized carbons (Fsp3) is 0.550. The number of likely N-dealkylation sites (N-methyl/N-ethyl adjacent to an activating group) is 1. The molecule has 0 aromatic heterocycles. The van der Waals surface area contributed by atoms with E-state index in [0.29, 0.717) is 6.42 Å². The summed E-state index contributed by atoms with van der Waals surface area (Å²) in [6.45, 7) is 2.37. The number of benzene rings is 1. The van der Waals surface area contributed by atoms with Crippen molar-refractivity contribution < 1.29 is 19.0 Å². The number of carbonyl (C=O) groups is 1. The number of halogens is 1. The molecule has 1 spiro atoms. The van der Waals surface area contributed by atoms with Gasteiger partial charge in [-0.2, -0.15) is 0 Å². The summed E-state index contributed by atoms with van der Waals surface area (Å²) in [5.74, 6) is 1.30. The Kier molecular flexibility index (Phi) is 3.27. The lowest BCUT2D eigenvalue weighted by Gasteiger charge is -2.56. The zero-order valence-corrected chi connectivity index (χ0v) is 15.9. The molecule has 5 unspecified atom stereocenters. The van der Waals surface area contributed by atoms with Gasteiger partial charge in [0.2, 0.25) is 0 Å². The zero-order chi connectivity index (χ0) is 18.3. The molecule has 2 heterocycles. The molecule has 138 valence electrons. The maximum atomic E-state index is 11.9. The molecule has 5 atom stereocenters. The van der Waals surface area contributed by atoms with Crippen LogP contribution in [-0.2, 0) is 21.4 Å². The van der Waals surface area contributed by atoms with Gasteiger partial charge in [-0.3, -0.25) is 9.69 Å². The smallest absolute Gasteiger partial charge is 0.302 e. The molecule has 5 nitrogen and oxygen atoms in total. The Morgan fingerprint density at radius 3 is 2.96 bits per heavy atom. The minimum atomic E-state index is -0.445. The predicted octanol–water partition coefficient (Wildman–Crippen LogP) is 2.43. The number of hydrogen-bond donors (Lipinski definition) is 0. The van der Waals surface area contributed by atoms with Gasteiger partial charge in [0.05, 0.1) is 23.4 Å². The molecule has 1 aromatic carbocycles. The Bertz CT molecular complexity index is 839. The van der Waals surface area contributed by atoms with Gasteiger partial charge in [-0.15, -0.1) is 11.6 Å². The maximum absolute atomic E-state index is 11.9. The second kappa shape index (κ2) is 5.17. The first-order valence-corrected chi connectivity index (χ1v) is 9.48. The van der Waals surface area contributed by atoms with Crippen molar-refractivity contribution in [1.82, 2.24) is 4.90 Å². The molecule has 0 radical (unpaired) electrons. The minimum Gasteiger partial charge on any atom is -0.493 e. The fourth-order valence-electron chi connectivity index (χ4n) is 5.96. The van der Waals surface area contributed by atoms with Crippen molar-refractivity contribution in [2.45, 2.75) is 48.3 Å². The number of ether oxygens (including phenoxy) is 3. The van der Waals surface area contributed by atoms with Crippen LogP contribution in [0.1, 0.15) is 24.5 Å². The van der Waals surface area contributed by atoms with Crippen molar-refractivity contribution in [3.8, 4) is 11.5 Å². The minimum absolute atomic E-state index is 0.206. The van der Waals surface area contributed by atoms with Gasteiger partial charge in [0.1, 0.15) is 12.2 Å². The molecular weight excluding hydrogens is 354 g/mol. The average molecular weight is 376 g/mol.